The van der Waals surface area contributed by atoms with E-state index in [1.165, 1.54) is 17.7 Å². The average molecular weight is 307 g/mol. The molecule has 0 spiro atoms. The molecule has 1 aromatic carbocycles. The highest BCUT2D eigenvalue weighted by Crippen LogP contribution is 2.13. The highest BCUT2D eigenvalue weighted by atomic mass is 35.5. The van der Waals surface area contributed by atoms with Crippen LogP contribution in [-0.2, 0) is 0 Å². The summed E-state index contributed by atoms with van der Waals surface area (Å²) in [6.07, 6.45) is 1.38. The molecule has 1 rings (SSSR count). The Labute approximate surface area is 118 Å². The number of urea groups is 1. The van der Waals surface area contributed by atoms with E-state index < -0.39 is 17.7 Å². The first-order chi connectivity index (χ1) is 8.93. The number of hydrogen-bond donors (Lipinski definition) is 2. The van der Waals surface area contributed by atoms with E-state index in [1.807, 2.05) is 0 Å². The first-order valence-corrected chi connectivity index (χ1v) is 5.91. The molecular weight excluding hydrogens is 297 g/mol. The van der Waals surface area contributed by atoms with Gasteiger partial charge in [0, 0.05) is 22.3 Å². The first kappa shape index (κ1) is 15.5. The highest BCUT2D eigenvalue weighted by Gasteiger charge is 2.07. The van der Waals surface area contributed by atoms with Gasteiger partial charge in [-0.15, -0.1) is 0 Å². The maximum absolute atomic E-state index is 12.9. The van der Waals surface area contributed by atoms with Crippen molar-refractivity contribution < 1.29 is 13.6 Å². The van der Waals surface area contributed by atoms with Crippen LogP contribution in [0.1, 0.15) is 6.92 Å². The van der Waals surface area contributed by atoms with Gasteiger partial charge >= 0.3 is 6.03 Å². The third-order valence-corrected chi connectivity index (χ3v) is 2.36. The topological polar surface area (TPSA) is 41.1 Å². The molecule has 0 radical (unpaired) electrons. The van der Waals surface area contributed by atoms with Gasteiger partial charge in [0.1, 0.15) is 0 Å². The number of anilines is 1. The van der Waals surface area contributed by atoms with Crippen LogP contribution in [0.4, 0.5) is 19.3 Å². The van der Waals surface area contributed by atoms with Crippen molar-refractivity contribution in [3.05, 3.63) is 52.2 Å². The second-order valence-electron chi connectivity index (χ2n) is 3.45. The van der Waals surface area contributed by atoms with Crippen molar-refractivity contribution in [2.75, 3.05) is 5.32 Å². The molecular formula is C12H10Cl2F2N2O. The molecule has 19 heavy (non-hydrogen) atoms. The summed E-state index contributed by atoms with van der Waals surface area (Å²) in [7, 11) is 0. The minimum atomic E-state index is -1.05. The lowest BCUT2D eigenvalue weighted by Crippen LogP contribution is -2.27. The van der Waals surface area contributed by atoms with Gasteiger partial charge in [0.25, 0.3) is 0 Å². The molecule has 2 N–H and O–H groups in total. The molecule has 0 aliphatic carbocycles. The third-order valence-electron chi connectivity index (χ3n) is 2.03. The Bertz CT molecular complexity index is 541. The van der Waals surface area contributed by atoms with Gasteiger partial charge < -0.3 is 10.6 Å². The summed E-state index contributed by atoms with van der Waals surface area (Å²) < 4.78 is 25.6. The summed E-state index contributed by atoms with van der Waals surface area (Å²) in [6, 6.07) is 2.35. The van der Waals surface area contributed by atoms with E-state index in [0.717, 1.165) is 12.1 Å². The fourth-order valence-electron chi connectivity index (χ4n) is 1.16. The molecule has 102 valence electrons. The van der Waals surface area contributed by atoms with Crippen LogP contribution in [0.25, 0.3) is 0 Å². The maximum atomic E-state index is 12.9. The summed E-state index contributed by atoms with van der Waals surface area (Å²) in [5.74, 6) is -2.05. The van der Waals surface area contributed by atoms with E-state index in [9.17, 15) is 13.6 Å². The monoisotopic (exact) mass is 306 g/mol. The van der Waals surface area contributed by atoms with E-state index in [4.69, 9.17) is 23.2 Å². The van der Waals surface area contributed by atoms with Gasteiger partial charge in [-0.25, -0.2) is 13.6 Å². The summed E-state index contributed by atoms with van der Waals surface area (Å²) in [6.45, 7) is 1.56. The molecule has 0 aliphatic rings. The zero-order valence-electron chi connectivity index (χ0n) is 9.81. The Hall–Kier alpha value is -1.59. The maximum Gasteiger partial charge on any atom is 0.323 e. The summed E-state index contributed by atoms with van der Waals surface area (Å²) in [5, 5.41) is 5.05. The zero-order valence-corrected chi connectivity index (χ0v) is 11.3. The predicted octanol–water partition coefficient (Wildman–Crippen LogP) is 4.31. The molecule has 0 bridgehead atoms. The van der Waals surface area contributed by atoms with Crippen LogP contribution in [0.3, 0.4) is 0 Å². The Balaban J connectivity index is 2.75. The van der Waals surface area contributed by atoms with Crippen molar-refractivity contribution in [1.29, 1.82) is 0 Å². The van der Waals surface area contributed by atoms with Crippen LogP contribution in [0.15, 0.2) is 40.5 Å². The van der Waals surface area contributed by atoms with E-state index >= 15 is 0 Å². The Kier molecular flexibility index (Phi) is 5.79. The molecule has 0 unspecified atom stereocenters. The van der Waals surface area contributed by atoms with Gasteiger partial charge in [0.2, 0.25) is 0 Å². The van der Waals surface area contributed by atoms with Crippen LogP contribution in [0.2, 0.25) is 0 Å². The normalized spacial score (nSPS) is 12.3. The predicted molar refractivity (Wildman–Crippen MR) is 72.1 cm³/mol. The molecule has 0 atom stereocenters. The molecule has 3 nitrogen and oxygen atoms in total. The van der Waals surface area contributed by atoms with Crippen LogP contribution in [0.5, 0.6) is 0 Å². The van der Waals surface area contributed by atoms with Crippen LogP contribution in [-0.4, -0.2) is 6.03 Å². The molecule has 0 saturated carbocycles. The van der Waals surface area contributed by atoms with Gasteiger partial charge in [-0.05, 0) is 25.1 Å². The van der Waals surface area contributed by atoms with Crippen molar-refractivity contribution >= 4 is 34.9 Å². The van der Waals surface area contributed by atoms with Crippen molar-refractivity contribution in [3.8, 4) is 0 Å². The van der Waals surface area contributed by atoms with E-state index in [2.05, 4.69) is 10.6 Å². The molecule has 0 fully saturated rings. The van der Waals surface area contributed by atoms with Crippen LogP contribution < -0.4 is 10.6 Å². The number of allylic oxidation sites excluding steroid dienone is 2. The minimum Gasteiger partial charge on any atom is -0.308 e. The fourth-order valence-corrected chi connectivity index (χ4v) is 1.40. The SMILES string of the molecule is C/C(Cl)=C(\C=C\Cl)NC(=O)Nc1ccc(F)c(F)c1. The van der Waals surface area contributed by atoms with E-state index in [1.54, 1.807) is 6.92 Å². The molecule has 0 aromatic heterocycles. The number of benzene rings is 1. The van der Waals surface area contributed by atoms with E-state index in [0.29, 0.717) is 5.03 Å². The Morgan fingerprint density at radius 3 is 2.53 bits per heavy atom. The van der Waals surface area contributed by atoms with Crippen LogP contribution in [0, 0.1) is 11.6 Å². The smallest absolute Gasteiger partial charge is 0.308 e. The number of halogens is 4. The summed E-state index contributed by atoms with van der Waals surface area (Å²) >= 11 is 11.1. The van der Waals surface area contributed by atoms with Crippen LogP contribution >= 0.6 is 23.2 Å². The molecule has 0 heterocycles. The second-order valence-corrected chi connectivity index (χ2v) is 4.27. The fraction of sp³-hybridized carbons (Fsp3) is 0.0833. The lowest BCUT2D eigenvalue weighted by Gasteiger charge is -2.09. The zero-order chi connectivity index (χ0) is 14.4. The van der Waals surface area contributed by atoms with Crippen molar-refractivity contribution in [1.82, 2.24) is 5.32 Å². The quantitative estimate of drug-likeness (QED) is 0.803. The van der Waals surface area contributed by atoms with Crippen molar-refractivity contribution in [2.24, 2.45) is 0 Å². The molecule has 0 aliphatic heterocycles. The highest BCUT2D eigenvalue weighted by molar-refractivity contribution is 6.30. The number of nitrogens with one attached hydrogen (secondary N) is 2. The first-order valence-electron chi connectivity index (χ1n) is 5.10. The second kappa shape index (κ2) is 7.11. The number of amides is 2. The Morgan fingerprint density at radius 2 is 2.00 bits per heavy atom. The van der Waals surface area contributed by atoms with Gasteiger partial charge in [-0.3, -0.25) is 0 Å². The number of carbonyl (C=O) groups excluding carboxylic acids is 1. The summed E-state index contributed by atoms with van der Waals surface area (Å²) in [4.78, 5) is 11.6. The lowest BCUT2D eigenvalue weighted by molar-refractivity contribution is 0.254. The number of hydrogen-bond acceptors (Lipinski definition) is 1. The average Bonchev–Trinajstić information content (AvgIpc) is 2.33. The number of carbonyl (C=O) groups is 1. The molecule has 7 heteroatoms. The molecule has 0 saturated heterocycles. The summed E-state index contributed by atoms with van der Waals surface area (Å²) in [5.41, 5.74) is 1.58. The van der Waals surface area contributed by atoms with Crippen molar-refractivity contribution in [3.63, 3.8) is 0 Å². The lowest BCUT2D eigenvalue weighted by atomic mass is 10.3. The molecule has 1 aromatic rings. The molecule has 2 amide bonds. The van der Waals surface area contributed by atoms with Gasteiger partial charge in [0.05, 0.1) is 5.70 Å². The van der Waals surface area contributed by atoms with Gasteiger partial charge in [-0.2, -0.15) is 0 Å². The minimum absolute atomic E-state index is 0.109. The third kappa shape index (κ3) is 4.89. The standard InChI is InChI=1S/C12H10Cl2F2N2O/c1-7(14)11(4-5-13)18-12(19)17-8-2-3-9(15)10(16)6-8/h2-6H,1H3,(H2,17,18,19)/b5-4+,11-7-. The Morgan fingerprint density at radius 1 is 1.32 bits per heavy atom. The van der Waals surface area contributed by atoms with Gasteiger partial charge in [-0.1, -0.05) is 23.2 Å². The number of rotatable bonds is 3. The largest absolute Gasteiger partial charge is 0.323 e. The van der Waals surface area contributed by atoms with E-state index in [-0.39, 0.29) is 11.4 Å². The van der Waals surface area contributed by atoms with Crippen molar-refractivity contribution in [2.45, 2.75) is 6.92 Å². The van der Waals surface area contributed by atoms with Gasteiger partial charge in [0.15, 0.2) is 11.6 Å².